The van der Waals surface area contributed by atoms with Crippen LogP contribution in [0.2, 0.25) is 0 Å². The molecule has 110 valence electrons. The van der Waals surface area contributed by atoms with Crippen molar-refractivity contribution in [2.75, 3.05) is 11.9 Å². The number of aryl methyl sites for hydroxylation is 1. The van der Waals surface area contributed by atoms with E-state index in [1.807, 2.05) is 36.3 Å². The second-order valence-corrected chi connectivity index (χ2v) is 5.48. The van der Waals surface area contributed by atoms with Gasteiger partial charge in [0.1, 0.15) is 0 Å². The number of benzene rings is 1. The van der Waals surface area contributed by atoms with Crippen LogP contribution in [0.1, 0.15) is 18.4 Å². The van der Waals surface area contributed by atoms with Crippen LogP contribution in [0, 0.1) is 0 Å². The standard InChI is InChI=1S/C16H20N4O/c1-19-11-9-15(18-19)17-16(21)20-10-5-8-14(20)12-13-6-3-2-4-7-13/h2-4,6-7,9,11,14H,5,8,10,12H2,1H3,(H,17,18,21). The van der Waals surface area contributed by atoms with Crippen LogP contribution < -0.4 is 5.32 Å². The number of carbonyl (C=O) groups excluding carboxylic acids is 1. The lowest BCUT2D eigenvalue weighted by molar-refractivity contribution is 0.206. The van der Waals surface area contributed by atoms with E-state index in [1.165, 1.54) is 5.56 Å². The molecule has 1 fully saturated rings. The van der Waals surface area contributed by atoms with Gasteiger partial charge in [-0.2, -0.15) is 5.10 Å². The van der Waals surface area contributed by atoms with Gasteiger partial charge in [-0.15, -0.1) is 0 Å². The molecule has 3 rings (SSSR count). The Morgan fingerprint density at radius 3 is 2.86 bits per heavy atom. The van der Waals surface area contributed by atoms with Gasteiger partial charge in [0, 0.05) is 31.9 Å². The van der Waals surface area contributed by atoms with Gasteiger partial charge in [-0.3, -0.25) is 10.00 Å². The molecule has 0 spiro atoms. The summed E-state index contributed by atoms with van der Waals surface area (Å²) in [6.45, 7) is 0.816. The van der Waals surface area contributed by atoms with Crippen LogP contribution in [0.5, 0.6) is 0 Å². The predicted octanol–water partition coefficient (Wildman–Crippen LogP) is 2.66. The second-order valence-electron chi connectivity index (χ2n) is 5.48. The third-order valence-electron chi connectivity index (χ3n) is 3.90. The number of amides is 2. The molecule has 1 atom stereocenters. The van der Waals surface area contributed by atoms with Gasteiger partial charge < -0.3 is 4.90 Å². The van der Waals surface area contributed by atoms with Crippen molar-refractivity contribution in [1.82, 2.24) is 14.7 Å². The first kappa shape index (κ1) is 13.7. The fourth-order valence-corrected chi connectivity index (χ4v) is 2.86. The lowest BCUT2D eigenvalue weighted by Crippen LogP contribution is -2.39. The Labute approximate surface area is 124 Å². The van der Waals surface area contributed by atoms with Crippen molar-refractivity contribution < 1.29 is 4.79 Å². The maximum atomic E-state index is 12.4. The summed E-state index contributed by atoms with van der Waals surface area (Å²) in [5.41, 5.74) is 1.28. The summed E-state index contributed by atoms with van der Waals surface area (Å²) in [7, 11) is 1.84. The SMILES string of the molecule is Cn1ccc(NC(=O)N2CCCC2Cc2ccccc2)n1. The Kier molecular flexibility index (Phi) is 3.90. The van der Waals surface area contributed by atoms with E-state index in [0.717, 1.165) is 25.8 Å². The summed E-state index contributed by atoms with van der Waals surface area (Å²) < 4.78 is 1.68. The van der Waals surface area contributed by atoms with Crippen LogP contribution in [0.15, 0.2) is 42.6 Å². The van der Waals surface area contributed by atoms with Gasteiger partial charge in [0.25, 0.3) is 0 Å². The van der Waals surface area contributed by atoms with Crippen molar-refractivity contribution in [3.63, 3.8) is 0 Å². The number of hydrogen-bond acceptors (Lipinski definition) is 2. The van der Waals surface area contributed by atoms with Gasteiger partial charge in [0.15, 0.2) is 5.82 Å². The molecular weight excluding hydrogens is 264 g/mol. The number of anilines is 1. The molecule has 1 N–H and O–H groups in total. The fraction of sp³-hybridized carbons (Fsp3) is 0.375. The number of aromatic nitrogens is 2. The zero-order chi connectivity index (χ0) is 14.7. The average Bonchev–Trinajstić information content (AvgIpc) is 3.09. The van der Waals surface area contributed by atoms with Crippen LogP contribution in [-0.2, 0) is 13.5 Å². The van der Waals surface area contributed by atoms with Gasteiger partial charge in [0.05, 0.1) is 0 Å². The maximum Gasteiger partial charge on any atom is 0.323 e. The van der Waals surface area contributed by atoms with Crippen molar-refractivity contribution >= 4 is 11.8 Å². The largest absolute Gasteiger partial charge is 0.323 e. The molecule has 1 saturated heterocycles. The van der Waals surface area contributed by atoms with E-state index in [4.69, 9.17) is 0 Å². The minimum atomic E-state index is -0.0490. The maximum absolute atomic E-state index is 12.4. The number of nitrogens with one attached hydrogen (secondary N) is 1. The van der Waals surface area contributed by atoms with Crippen molar-refractivity contribution in [2.45, 2.75) is 25.3 Å². The van der Waals surface area contributed by atoms with Gasteiger partial charge >= 0.3 is 6.03 Å². The summed E-state index contributed by atoms with van der Waals surface area (Å²) in [5, 5.41) is 7.06. The molecule has 1 unspecified atom stereocenters. The Hall–Kier alpha value is -2.30. The van der Waals surface area contributed by atoms with Gasteiger partial charge in [-0.25, -0.2) is 4.79 Å². The highest BCUT2D eigenvalue weighted by atomic mass is 16.2. The van der Waals surface area contributed by atoms with E-state index in [1.54, 1.807) is 10.7 Å². The molecule has 0 aliphatic carbocycles. The minimum Gasteiger partial charge on any atom is -0.321 e. The molecular formula is C16H20N4O. The molecule has 1 aliphatic rings. The number of likely N-dealkylation sites (tertiary alicyclic amines) is 1. The Balaban J connectivity index is 1.64. The lowest BCUT2D eigenvalue weighted by atomic mass is 10.0. The predicted molar refractivity (Wildman–Crippen MR) is 82.1 cm³/mol. The molecule has 2 amide bonds. The number of urea groups is 1. The fourth-order valence-electron chi connectivity index (χ4n) is 2.86. The summed E-state index contributed by atoms with van der Waals surface area (Å²) in [5.74, 6) is 0.605. The third-order valence-corrected chi connectivity index (χ3v) is 3.90. The first-order chi connectivity index (χ1) is 10.2. The molecule has 2 aromatic rings. The average molecular weight is 284 g/mol. The van der Waals surface area contributed by atoms with Gasteiger partial charge in [0.2, 0.25) is 0 Å². The van der Waals surface area contributed by atoms with E-state index >= 15 is 0 Å². The number of nitrogens with zero attached hydrogens (tertiary/aromatic N) is 3. The lowest BCUT2D eigenvalue weighted by Gasteiger charge is -2.24. The van der Waals surface area contributed by atoms with Crippen molar-refractivity contribution in [1.29, 1.82) is 0 Å². The molecule has 5 heteroatoms. The zero-order valence-corrected chi connectivity index (χ0v) is 12.2. The molecule has 21 heavy (non-hydrogen) atoms. The Morgan fingerprint density at radius 1 is 1.33 bits per heavy atom. The highest BCUT2D eigenvalue weighted by molar-refractivity contribution is 5.88. The summed E-state index contributed by atoms with van der Waals surface area (Å²) in [6.07, 6.45) is 4.86. The molecule has 5 nitrogen and oxygen atoms in total. The zero-order valence-electron chi connectivity index (χ0n) is 12.2. The van der Waals surface area contributed by atoms with E-state index in [2.05, 4.69) is 22.5 Å². The quantitative estimate of drug-likeness (QED) is 0.942. The van der Waals surface area contributed by atoms with E-state index in [-0.39, 0.29) is 12.1 Å². The van der Waals surface area contributed by atoms with Crippen LogP contribution in [0.25, 0.3) is 0 Å². The van der Waals surface area contributed by atoms with Crippen LogP contribution in [0.3, 0.4) is 0 Å². The number of rotatable bonds is 3. The van der Waals surface area contributed by atoms with Gasteiger partial charge in [-0.1, -0.05) is 30.3 Å². The molecule has 1 aliphatic heterocycles. The van der Waals surface area contributed by atoms with E-state index < -0.39 is 0 Å². The summed E-state index contributed by atoms with van der Waals surface area (Å²) >= 11 is 0. The number of hydrogen-bond donors (Lipinski definition) is 1. The summed E-state index contributed by atoms with van der Waals surface area (Å²) in [4.78, 5) is 14.3. The first-order valence-corrected chi connectivity index (χ1v) is 7.33. The van der Waals surface area contributed by atoms with Crippen LogP contribution >= 0.6 is 0 Å². The van der Waals surface area contributed by atoms with Crippen LogP contribution in [0.4, 0.5) is 10.6 Å². The molecule has 2 heterocycles. The first-order valence-electron chi connectivity index (χ1n) is 7.33. The van der Waals surface area contributed by atoms with E-state index in [9.17, 15) is 4.79 Å². The smallest absolute Gasteiger partial charge is 0.321 e. The van der Waals surface area contributed by atoms with Crippen molar-refractivity contribution in [3.05, 3.63) is 48.2 Å². The normalized spacial score (nSPS) is 18.0. The van der Waals surface area contributed by atoms with E-state index in [0.29, 0.717) is 5.82 Å². The summed E-state index contributed by atoms with van der Waals surface area (Å²) in [6, 6.07) is 12.4. The van der Waals surface area contributed by atoms with Crippen molar-refractivity contribution in [2.24, 2.45) is 7.05 Å². The van der Waals surface area contributed by atoms with Gasteiger partial charge in [-0.05, 0) is 24.8 Å². The molecule has 0 bridgehead atoms. The molecule has 1 aromatic carbocycles. The molecule has 0 radical (unpaired) electrons. The number of carbonyl (C=O) groups is 1. The van der Waals surface area contributed by atoms with Crippen LogP contribution in [-0.4, -0.2) is 33.3 Å². The monoisotopic (exact) mass is 284 g/mol. The Bertz CT molecular complexity index is 608. The molecule has 0 saturated carbocycles. The minimum absolute atomic E-state index is 0.0490. The Morgan fingerprint density at radius 2 is 2.14 bits per heavy atom. The van der Waals surface area contributed by atoms with Crippen molar-refractivity contribution in [3.8, 4) is 0 Å². The highest BCUT2D eigenvalue weighted by Gasteiger charge is 2.29. The second kappa shape index (κ2) is 5.99. The molecule has 1 aromatic heterocycles. The highest BCUT2D eigenvalue weighted by Crippen LogP contribution is 2.22. The third kappa shape index (κ3) is 3.24. The topological polar surface area (TPSA) is 50.2 Å².